The predicted molar refractivity (Wildman–Crippen MR) is 114 cm³/mol. The first-order chi connectivity index (χ1) is 13.8. The molecule has 4 rings (SSSR count). The zero-order chi connectivity index (χ0) is 19.2. The number of morpholine rings is 1. The molecule has 0 atom stereocenters. The van der Waals surface area contributed by atoms with Crippen LogP contribution in [0.25, 0.3) is 0 Å². The summed E-state index contributed by atoms with van der Waals surface area (Å²) in [7, 11) is 0. The highest BCUT2D eigenvalue weighted by molar-refractivity contribution is 5.86. The van der Waals surface area contributed by atoms with Gasteiger partial charge in [-0.3, -0.25) is 0 Å². The Balaban J connectivity index is 1.60. The van der Waals surface area contributed by atoms with E-state index < -0.39 is 0 Å². The molecule has 1 aliphatic heterocycles. The number of ether oxygens (including phenoxy) is 1. The highest BCUT2D eigenvalue weighted by Crippen LogP contribution is 2.27. The van der Waals surface area contributed by atoms with Gasteiger partial charge in [0.15, 0.2) is 0 Å². The van der Waals surface area contributed by atoms with Gasteiger partial charge in [0.25, 0.3) is 0 Å². The molecule has 0 aliphatic carbocycles. The number of anilines is 3. The fourth-order valence-electron chi connectivity index (χ4n) is 3.20. The Morgan fingerprint density at radius 1 is 0.857 bits per heavy atom. The fraction of sp³-hybridized carbons (Fsp3) is 0.174. The molecular formula is C23H23N3O2. The van der Waals surface area contributed by atoms with E-state index in [4.69, 9.17) is 4.74 Å². The van der Waals surface area contributed by atoms with Crippen molar-refractivity contribution in [2.24, 2.45) is 5.10 Å². The Morgan fingerprint density at radius 3 is 2.04 bits per heavy atom. The molecule has 0 saturated carbocycles. The zero-order valence-corrected chi connectivity index (χ0v) is 15.6. The molecule has 28 heavy (non-hydrogen) atoms. The fourth-order valence-corrected chi connectivity index (χ4v) is 3.20. The molecule has 1 N–H and O–H groups in total. The van der Waals surface area contributed by atoms with Crippen LogP contribution in [0.1, 0.15) is 5.56 Å². The number of nitrogens with zero attached hydrogens (tertiary/aromatic N) is 3. The van der Waals surface area contributed by atoms with Crippen molar-refractivity contribution in [3.63, 3.8) is 0 Å². The average molecular weight is 373 g/mol. The van der Waals surface area contributed by atoms with Gasteiger partial charge >= 0.3 is 0 Å². The lowest BCUT2D eigenvalue weighted by Crippen LogP contribution is -2.36. The Morgan fingerprint density at radius 2 is 1.46 bits per heavy atom. The summed E-state index contributed by atoms with van der Waals surface area (Å²) in [4.78, 5) is 2.21. The van der Waals surface area contributed by atoms with Crippen LogP contribution in [0.3, 0.4) is 0 Å². The molecule has 0 unspecified atom stereocenters. The number of hydrogen-bond donors (Lipinski definition) is 1. The van der Waals surface area contributed by atoms with Gasteiger partial charge in [-0.2, -0.15) is 5.10 Å². The Labute approximate surface area is 165 Å². The standard InChI is InChI=1S/C23H23N3O2/c27-23-17-22(25-13-15-28-16-14-25)12-11-19(23)18-24-26(20-7-3-1-4-8-20)21-9-5-2-6-10-21/h1-12,17-18,27H,13-16H2/b24-18+. The van der Waals surface area contributed by atoms with Gasteiger partial charge in [0.05, 0.1) is 30.8 Å². The van der Waals surface area contributed by atoms with Crippen LogP contribution in [0, 0.1) is 0 Å². The van der Waals surface area contributed by atoms with E-state index in [1.54, 1.807) is 12.3 Å². The number of para-hydroxylation sites is 2. The summed E-state index contributed by atoms with van der Waals surface area (Å²) in [6.45, 7) is 3.10. The van der Waals surface area contributed by atoms with E-state index in [0.29, 0.717) is 18.8 Å². The number of rotatable bonds is 5. The van der Waals surface area contributed by atoms with Gasteiger partial charge in [0.1, 0.15) is 5.75 Å². The Bertz CT molecular complexity index is 884. The van der Waals surface area contributed by atoms with Crippen molar-refractivity contribution in [3.8, 4) is 5.75 Å². The molecule has 3 aromatic carbocycles. The molecule has 0 spiro atoms. The second-order valence-electron chi connectivity index (χ2n) is 6.57. The molecular weight excluding hydrogens is 350 g/mol. The van der Waals surface area contributed by atoms with Gasteiger partial charge in [-0.15, -0.1) is 0 Å². The van der Waals surface area contributed by atoms with Crippen LogP contribution in [0.15, 0.2) is 84.0 Å². The highest BCUT2D eigenvalue weighted by atomic mass is 16.5. The Hall–Kier alpha value is -3.31. The summed E-state index contributed by atoms with van der Waals surface area (Å²) < 4.78 is 5.39. The summed E-state index contributed by atoms with van der Waals surface area (Å²) in [5, 5.41) is 17.0. The van der Waals surface area contributed by atoms with Crippen LogP contribution in [-0.4, -0.2) is 37.6 Å². The van der Waals surface area contributed by atoms with E-state index in [1.807, 2.05) is 77.8 Å². The summed E-state index contributed by atoms with van der Waals surface area (Å²) >= 11 is 0. The predicted octanol–water partition coefficient (Wildman–Crippen LogP) is 4.40. The molecule has 1 heterocycles. The average Bonchev–Trinajstić information content (AvgIpc) is 2.77. The SMILES string of the molecule is Oc1cc(N2CCOCC2)ccc1/C=N/N(c1ccccc1)c1ccccc1. The van der Waals surface area contributed by atoms with Crippen molar-refractivity contribution in [2.75, 3.05) is 36.2 Å². The van der Waals surface area contributed by atoms with E-state index >= 15 is 0 Å². The summed E-state index contributed by atoms with van der Waals surface area (Å²) in [6, 6.07) is 25.6. The zero-order valence-electron chi connectivity index (χ0n) is 15.6. The number of phenolic OH excluding ortho intramolecular Hbond substituents is 1. The first-order valence-electron chi connectivity index (χ1n) is 9.41. The second-order valence-corrected chi connectivity index (χ2v) is 6.57. The van der Waals surface area contributed by atoms with Gasteiger partial charge < -0.3 is 14.7 Å². The third-order valence-corrected chi connectivity index (χ3v) is 4.70. The van der Waals surface area contributed by atoms with E-state index in [-0.39, 0.29) is 5.75 Å². The van der Waals surface area contributed by atoms with Crippen molar-refractivity contribution < 1.29 is 9.84 Å². The maximum absolute atomic E-state index is 10.5. The Kier molecular flexibility index (Phi) is 5.54. The number of hydrogen-bond acceptors (Lipinski definition) is 5. The third kappa shape index (κ3) is 4.15. The molecule has 1 aliphatic rings. The molecule has 0 bridgehead atoms. The van der Waals surface area contributed by atoms with Crippen molar-refractivity contribution in [3.05, 3.63) is 84.4 Å². The van der Waals surface area contributed by atoms with Crippen molar-refractivity contribution in [2.45, 2.75) is 0 Å². The van der Waals surface area contributed by atoms with Gasteiger partial charge in [-0.25, -0.2) is 5.01 Å². The number of benzene rings is 3. The molecule has 1 fully saturated rings. The quantitative estimate of drug-likeness (QED) is 0.532. The largest absolute Gasteiger partial charge is 0.507 e. The first kappa shape index (κ1) is 18.1. The van der Waals surface area contributed by atoms with Crippen LogP contribution in [0.4, 0.5) is 17.1 Å². The van der Waals surface area contributed by atoms with Crippen molar-refractivity contribution in [1.82, 2.24) is 0 Å². The molecule has 3 aromatic rings. The summed E-state index contributed by atoms with van der Waals surface area (Å²) in [6.07, 6.45) is 1.69. The van der Waals surface area contributed by atoms with E-state index in [9.17, 15) is 5.11 Å². The highest BCUT2D eigenvalue weighted by Gasteiger charge is 2.13. The van der Waals surface area contributed by atoms with Gasteiger partial charge in [0, 0.05) is 30.4 Å². The second kappa shape index (κ2) is 8.59. The molecule has 0 radical (unpaired) electrons. The monoisotopic (exact) mass is 373 g/mol. The minimum atomic E-state index is 0.216. The van der Waals surface area contributed by atoms with Gasteiger partial charge in [-0.05, 0) is 36.4 Å². The van der Waals surface area contributed by atoms with Gasteiger partial charge in [0.2, 0.25) is 0 Å². The van der Waals surface area contributed by atoms with Crippen molar-refractivity contribution >= 4 is 23.3 Å². The molecule has 142 valence electrons. The van der Waals surface area contributed by atoms with Crippen LogP contribution in [-0.2, 0) is 4.74 Å². The molecule has 5 heteroatoms. The lowest BCUT2D eigenvalue weighted by atomic mass is 10.1. The van der Waals surface area contributed by atoms with Crippen molar-refractivity contribution in [1.29, 1.82) is 0 Å². The van der Waals surface area contributed by atoms with E-state index in [1.165, 1.54) is 0 Å². The van der Waals surface area contributed by atoms with E-state index in [2.05, 4.69) is 10.0 Å². The summed E-state index contributed by atoms with van der Waals surface area (Å²) in [5.41, 5.74) is 3.58. The molecule has 0 aromatic heterocycles. The normalized spacial score (nSPS) is 14.4. The lowest BCUT2D eigenvalue weighted by Gasteiger charge is -2.29. The maximum atomic E-state index is 10.5. The minimum absolute atomic E-state index is 0.216. The smallest absolute Gasteiger partial charge is 0.126 e. The van der Waals surface area contributed by atoms with Crippen LogP contribution in [0.5, 0.6) is 5.75 Å². The maximum Gasteiger partial charge on any atom is 0.126 e. The third-order valence-electron chi connectivity index (χ3n) is 4.70. The molecule has 0 amide bonds. The number of hydrazone groups is 1. The number of phenols is 1. The minimum Gasteiger partial charge on any atom is -0.507 e. The number of aromatic hydroxyl groups is 1. The van der Waals surface area contributed by atoms with Crippen LogP contribution < -0.4 is 9.91 Å². The van der Waals surface area contributed by atoms with Crippen LogP contribution in [0.2, 0.25) is 0 Å². The molecule has 1 saturated heterocycles. The van der Waals surface area contributed by atoms with Gasteiger partial charge in [-0.1, -0.05) is 36.4 Å². The van der Waals surface area contributed by atoms with E-state index in [0.717, 1.165) is 30.2 Å². The topological polar surface area (TPSA) is 48.3 Å². The lowest BCUT2D eigenvalue weighted by molar-refractivity contribution is 0.122. The first-order valence-corrected chi connectivity index (χ1v) is 9.41. The van der Waals surface area contributed by atoms with Crippen LogP contribution >= 0.6 is 0 Å². The molecule has 5 nitrogen and oxygen atoms in total. The summed E-state index contributed by atoms with van der Waals surface area (Å²) in [5.74, 6) is 0.216.